The molecule has 0 saturated heterocycles. The Morgan fingerprint density at radius 3 is 2.50 bits per heavy atom. The van der Waals surface area contributed by atoms with Gasteiger partial charge < -0.3 is 5.11 Å². The third kappa shape index (κ3) is 4.12. The molecule has 8 nitrogen and oxygen atoms in total. The number of benzene rings is 2. The van der Waals surface area contributed by atoms with Crippen LogP contribution in [0.1, 0.15) is 27.2 Å². The van der Waals surface area contributed by atoms with E-state index in [0.717, 1.165) is 15.9 Å². The summed E-state index contributed by atoms with van der Waals surface area (Å²) in [6.07, 6.45) is 1.48. The third-order valence-electron chi connectivity index (χ3n) is 4.08. The van der Waals surface area contributed by atoms with Crippen LogP contribution in [0.2, 0.25) is 0 Å². The molecule has 0 aliphatic heterocycles. The highest BCUT2D eigenvalue weighted by molar-refractivity contribution is 5.95. The molecule has 0 bridgehead atoms. The first-order chi connectivity index (χ1) is 13.5. The molecule has 142 valence electrons. The number of nitrogens with zero attached hydrogens (tertiary/aromatic N) is 4. The van der Waals surface area contributed by atoms with Gasteiger partial charge in [-0.05, 0) is 12.5 Å². The first-order valence-electron chi connectivity index (χ1n) is 8.58. The van der Waals surface area contributed by atoms with Gasteiger partial charge in [0, 0.05) is 23.3 Å². The zero-order valence-electron chi connectivity index (χ0n) is 15.5. The zero-order valence-corrected chi connectivity index (χ0v) is 15.5. The molecule has 0 amide bonds. The number of hydrogen-bond donors (Lipinski definition) is 1. The predicted molar refractivity (Wildman–Crippen MR) is 103 cm³/mol. The van der Waals surface area contributed by atoms with Crippen LogP contribution in [0.4, 0.5) is 0 Å². The number of rotatable bonds is 6. The molecule has 28 heavy (non-hydrogen) atoms. The van der Waals surface area contributed by atoms with Crippen LogP contribution in [0.25, 0.3) is 0 Å². The van der Waals surface area contributed by atoms with Crippen LogP contribution < -0.4 is 15.3 Å². The lowest BCUT2D eigenvalue weighted by molar-refractivity contribution is -0.745. The molecular weight excluding hydrogens is 358 g/mol. The van der Waals surface area contributed by atoms with Gasteiger partial charge in [-0.1, -0.05) is 70.5 Å². The SMILES string of the molecule is CN=C([O-])c1c(=O)n(/N=C/c2ccc(C)cc2)[nH][n+]1CC(=O)c1ccccc1. The largest absolute Gasteiger partial charge is 0.856 e. The smallest absolute Gasteiger partial charge is 0.427 e. The molecule has 2 aromatic carbocycles. The fourth-order valence-corrected chi connectivity index (χ4v) is 2.57. The van der Waals surface area contributed by atoms with Crippen molar-refractivity contribution in [1.29, 1.82) is 0 Å². The van der Waals surface area contributed by atoms with E-state index in [9.17, 15) is 14.7 Å². The summed E-state index contributed by atoms with van der Waals surface area (Å²) < 4.78 is 1.17. The summed E-state index contributed by atoms with van der Waals surface area (Å²) in [6.45, 7) is 1.75. The molecule has 0 aliphatic rings. The van der Waals surface area contributed by atoms with Crippen molar-refractivity contribution in [2.45, 2.75) is 13.5 Å². The van der Waals surface area contributed by atoms with E-state index in [1.54, 1.807) is 30.3 Å². The van der Waals surface area contributed by atoms with Gasteiger partial charge >= 0.3 is 5.56 Å². The summed E-state index contributed by atoms with van der Waals surface area (Å²) in [4.78, 5) is 29.5. The lowest BCUT2D eigenvalue weighted by Crippen LogP contribution is -2.48. The number of aromatic amines is 1. The van der Waals surface area contributed by atoms with Gasteiger partial charge in [-0.15, -0.1) is 4.68 Å². The van der Waals surface area contributed by atoms with E-state index in [2.05, 4.69) is 15.3 Å². The number of carbonyl (C=O) groups excluding carboxylic acids is 1. The maximum atomic E-state index is 12.6. The maximum Gasteiger partial charge on any atom is 0.427 e. The van der Waals surface area contributed by atoms with Gasteiger partial charge in [-0.3, -0.25) is 9.79 Å². The Labute approximate surface area is 161 Å². The second-order valence-electron chi connectivity index (χ2n) is 6.12. The molecule has 1 aromatic heterocycles. The molecule has 3 aromatic rings. The Kier molecular flexibility index (Phi) is 5.59. The van der Waals surface area contributed by atoms with E-state index in [-0.39, 0.29) is 18.0 Å². The summed E-state index contributed by atoms with van der Waals surface area (Å²) in [7, 11) is 1.29. The van der Waals surface area contributed by atoms with Crippen LogP contribution in [0.3, 0.4) is 0 Å². The molecule has 1 N–H and O–H groups in total. The second kappa shape index (κ2) is 8.26. The summed E-state index contributed by atoms with van der Waals surface area (Å²) in [5.74, 6) is -0.988. The minimum absolute atomic E-state index is 0.219. The van der Waals surface area contributed by atoms with Crippen molar-refractivity contribution in [3.63, 3.8) is 0 Å². The van der Waals surface area contributed by atoms with Gasteiger partial charge in [-0.2, -0.15) is 0 Å². The van der Waals surface area contributed by atoms with Crippen molar-refractivity contribution >= 4 is 17.9 Å². The lowest BCUT2D eigenvalue weighted by Gasteiger charge is -2.05. The van der Waals surface area contributed by atoms with Crippen molar-refractivity contribution in [1.82, 2.24) is 10.0 Å². The van der Waals surface area contributed by atoms with E-state index >= 15 is 0 Å². The van der Waals surface area contributed by atoms with Crippen LogP contribution in [0, 0.1) is 6.92 Å². The predicted octanol–water partition coefficient (Wildman–Crippen LogP) is 0.274. The van der Waals surface area contributed by atoms with Crippen LogP contribution in [0.15, 0.2) is 69.5 Å². The molecule has 1 heterocycles. The Hall–Kier alpha value is -3.81. The summed E-state index contributed by atoms with van der Waals surface area (Å²) in [5, 5.41) is 18.9. The van der Waals surface area contributed by atoms with Crippen LogP contribution in [0.5, 0.6) is 0 Å². The third-order valence-corrected chi connectivity index (χ3v) is 4.08. The highest BCUT2D eigenvalue weighted by Crippen LogP contribution is 2.01. The highest BCUT2D eigenvalue weighted by Gasteiger charge is 2.24. The minimum Gasteiger partial charge on any atom is -0.856 e. The fraction of sp³-hybridized carbons (Fsp3) is 0.150. The molecule has 3 rings (SSSR count). The maximum absolute atomic E-state index is 12.6. The number of carbonyl (C=O) groups is 1. The number of aliphatic imine (C=N–C) groups is 1. The standard InChI is InChI=1S/C20H19N5O3/c1-14-8-10-15(11-9-14)12-22-25-20(28)18(19(27)21-2)24(23-25)13-17(26)16-6-4-3-5-7-16/h3-12H,13H2,1-2H3,(H-,21,23,27,28)/b22-12+. The topological polar surface area (TPSA) is 107 Å². The Balaban J connectivity index is 1.95. The second-order valence-corrected chi connectivity index (χ2v) is 6.12. The van der Waals surface area contributed by atoms with Gasteiger partial charge in [0.25, 0.3) is 5.69 Å². The average molecular weight is 377 g/mol. The Morgan fingerprint density at radius 1 is 1.18 bits per heavy atom. The lowest BCUT2D eigenvalue weighted by atomic mass is 10.1. The van der Waals surface area contributed by atoms with Gasteiger partial charge in [-0.25, -0.2) is 4.79 Å². The first kappa shape index (κ1) is 19.0. The van der Waals surface area contributed by atoms with Gasteiger partial charge in [0.05, 0.1) is 6.21 Å². The van der Waals surface area contributed by atoms with E-state index < -0.39 is 11.5 Å². The van der Waals surface area contributed by atoms with Gasteiger partial charge in [0.2, 0.25) is 5.78 Å². The van der Waals surface area contributed by atoms with Crippen molar-refractivity contribution in [3.8, 4) is 0 Å². The normalized spacial score (nSPS) is 11.9. The first-order valence-corrected chi connectivity index (χ1v) is 8.58. The Morgan fingerprint density at radius 2 is 1.86 bits per heavy atom. The van der Waals surface area contributed by atoms with Crippen molar-refractivity contribution in [3.05, 3.63) is 87.3 Å². The number of Topliss-reactive ketones (excluding diaryl/α,β-unsaturated/α-hetero) is 1. The molecule has 0 saturated carbocycles. The molecule has 0 fully saturated rings. The monoisotopic (exact) mass is 377 g/mol. The van der Waals surface area contributed by atoms with Gasteiger partial charge in [0.1, 0.15) is 0 Å². The van der Waals surface area contributed by atoms with Crippen LogP contribution in [-0.2, 0) is 6.54 Å². The molecular formula is C20H19N5O3. The molecule has 0 unspecified atom stereocenters. The number of aromatic nitrogens is 3. The Bertz CT molecular complexity index is 1090. The van der Waals surface area contributed by atoms with Crippen LogP contribution in [-0.4, -0.2) is 34.9 Å². The number of ketones is 1. The van der Waals surface area contributed by atoms with Crippen LogP contribution >= 0.6 is 0 Å². The number of nitrogens with one attached hydrogen (secondary N) is 1. The molecule has 0 atom stereocenters. The fourth-order valence-electron chi connectivity index (χ4n) is 2.57. The summed E-state index contributed by atoms with van der Waals surface area (Å²) >= 11 is 0. The molecule has 8 heteroatoms. The summed E-state index contributed by atoms with van der Waals surface area (Å²) in [5.41, 5.74) is 1.42. The van der Waals surface area contributed by atoms with Crippen molar-refractivity contribution in [2.24, 2.45) is 10.1 Å². The number of hydrogen-bond acceptors (Lipinski definition) is 5. The molecule has 0 spiro atoms. The van der Waals surface area contributed by atoms with Crippen molar-refractivity contribution in [2.75, 3.05) is 7.05 Å². The summed E-state index contributed by atoms with van der Waals surface area (Å²) in [6, 6.07) is 16.2. The molecule has 0 aliphatic carbocycles. The number of aryl methyl sites for hydroxylation is 1. The van der Waals surface area contributed by atoms with E-state index in [1.807, 2.05) is 31.2 Å². The average Bonchev–Trinajstić information content (AvgIpc) is 3.02. The van der Waals surface area contributed by atoms with E-state index in [0.29, 0.717) is 5.56 Å². The number of H-pyrrole nitrogens is 1. The van der Waals surface area contributed by atoms with E-state index in [1.165, 1.54) is 17.9 Å². The zero-order chi connectivity index (χ0) is 20.1. The minimum atomic E-state index is -0.730. The van der Waals surface area contributed by atoms with E-state index in [4.69, 9.17) is 0 Å². The van der Waals surface area contributed by atoms with Gasteiger partial charge in [0.15, 0.2) is 6.54 Å². The highest BCUT2D eigenvalue weighted by atomic mass is 16.3. The quantitative estimate of drug-likeness (QED) is 0.288. The van der Waals surface area contributed by atoms with Crippen molar-refractivity contribution < 1.29 is 14.6 Å². The molecule has 0 radical (unpaired) electrons.